The Morgan fingerprint density at radius 3 is 2.57 bits per heavy atom. The van der Waals surface area contributed by atoms with Crippen molar-refractivity contribution in [2.45, 2.75) is 24.9 Å². The van der Waals surface area contributed by atoms with E-state index in [9.17, 15) is 9.59 Å². The molecule has 0 aromatic rings. The van der Waals surface area contributed by atoms with Crippen LogP contribution in [0.3, 0.4) is 0 Å². The highest BCUT2D eigenvalue weighted by molar-refractivity contribution is 5.36. The molecule has 2 aliphatic rings. The Labute approximate surface area is 81.4 Å². The van der Waals surface area contributed by atoms with Crippen molar-refractivity contribution in [2.24, 2.45) is 21.8 Å². The van der Waals surface area contributed by atoms with Gasteiger partial charge in [0, 0.05) is 5.92 Å². The fourth-order valence-corrected chi connectivity index (χ4v) is 2.52. The maximum atomic E-state index is 10.2. The number of rotatable bonds is 2. The van der Waals surface area contributed by atoms with Crippen LogP contribution in [0.2, 0.25) is 0 Å². The summed E-state index contributed by atoms with van der Waals surface area (Å²) >= 11 is 0. The average Bonchev–Trinajstić information content (AvgIpc) is 2.72. The topological polar surface area (TPSA) is 58.9 Å². The monoisotopic (exact) mass is 190 g/mol. The normalized spacial score (nSPS) is 38.6. The van der Waals surface area contributed by atoms with Crippen molar-refractivity contribution in [1.29, 1.82) is 0 Å². The molecule has 2 rings (SSSR count). The molecular formula is C10H10N2O2. The van der Waals surface area contributed by atoms with Gasteiger partial charge in [-0.3, -0.25) is 0 Å². The minimum absolute atomic E-state index is 0.0189. The molecule has 0 saturated heterocycles. The van der Waals surface area contributed by atoms with E-state index in [0.29, 0.717) is 12.3 Å². The van der Waals surface area contributed by atoms with Crippen LogP contribution in [0.15, 0.2) is 22.1 Å². The van der Waals surface area contributed by atoms with Crippen LogP contribution in [-0.2, 0) is 9.59 Å². The highest BCUT2D eigenvalue weighted by Gasteiger charge is 2.43. The summed E-state index contributed by atoms with van der Waals surface area (Å²) in [5.74, 6) is 0.595. The van der Waals surface area contributed by atoms with Gasteiger partial charge in [-0.1, -0.05) is 12.2 Å². The molecule has 0 radical (unpaired) electrons. The van der Waals surface area contributed by atoms with Gasteiger partial charge in [0.2, 0.25) is 12.2 Å². The van der Waals surface area contributed by atoms with Crippen LogP contribution in [0.1, 0.15) is 12.8 Å². The zero-order valence-electron chi connectivity index (χ0n) is 7.59. The number of aliphatic imine (C=N–C) groups is 2. The van der Waals surface area contributed by atoms with E-state index in [4.69, 9.17) is 0 Å². The van der Waals surface area contributed by atoms with Crippen molar-refractivity contribution >= 4 is 12.2 Å². The van der Waals surface area contributed by atoms with Gasteiger partial charge in [0.25, 0.3) is 0 Å². The summed E-state index contributed by atoms with van der Waals surface area (Å²) in [6, 6.07) is -0.0621. The summed E-state index contributed by atoms with van der Waals surface area (Å²) < 4.78 is 0. The Morgan fingerprint density at radius 2 is 1.86 bits per heavy atom. The molecule has 0 spiro atoms. The molecule has 0 aromatic heterocycles. The molecule has 0 heterocycles. The van der Waals surface area contributed by atoms with E-state index in [1.165, 1.54) is 0 Å². The Hall–Kier alpha value is -1.50. The fraction of sp³-hybridized carbons (Fsp3) is 0.600. The number of fused-ring (bicyclic) bond motifs is 1. The summed E-state index contributed by atoms with van der Waals surface area (Å²) in [6.45, 7) is 0. The van der Waals surface area contributed by atoms with Gasteiger partial charge in [-0.05, 0) is 18.8 Å². The van der Waals surface area contributed by atoms with Crippen molar-refractivity contribution < 1.29 is 9.59 Å². The summed E-state index contributed by atoms with van der Waals surface area (Å²) in [5, 5.41) is 0. The first-order valence-electron chi connectivity index (χ1n) is 4.67. The number of carbonyl (C=O) groups excluding carboxylic acids is 2. The van der Waals surface area contributed by atoms with Gasteiger partial charge in [-0.15, -0.1) is 0 Å². The van der Waals surface area contributed by atoms with Crippen molar-refractivity contribution in [3.05, 3.63) is 12.2 Å². The number of allylic oxidation sites excluding steroid dienone is 1. The Bertz CT molecular complexity index is 351. The largest absolute Gasteiger partial charge is 0.235 e. The predicted octanol–water partition coefficient (Wildman–Crippen LogP) is 0.991. The van der Waals surface area contributed by atoms with Crippen LogP contribution in [0.4, 0.5) is 0 Å². The second-order valence-electron chi connectivity index (χ2n) is 3.72. The van der Waals surface area contributed by atoms with E-state index in [1.54, 1.807) is 12.2 Å². The molecule has 2 aliphatic carbocycles. The molecule has 4 atom stereocenters. The Morgan fingerprint density at radius 1 is 1.14 bits per heavy atom. The van der Waals surface area contributed by atoms with E-state index in [-0.39, 0.29) is 18.0 Å². The quantitative estimate of drug-likeness (QED) is 0.370. The molecule has 0 amide bonds. The van der Waals surface area contributed by atoms with E-state index in [2.05, 4.69) is 22.1 Å². The summed E-state index contributed by atoms with van der Waals surface area (Å²) in [6.07, 6.45) is 8.90. The minimum atomic E-state index is -0.0432. The first-order valence-corrected chi connectivity index (χ1v) is 4.67. The summed E-state index contributed by atoms with van der Waals surface area (Å²) in [5.41, 5.74) is 0. The van der Waals surface area contributed by atoms with Crippen LogP contribution in [0.25, 0.3) is 0 Å². The lowest BCUT2D eigenvalue weighted by molar-refractivity contribution is 0.433. The molecule has 4 unspecified atom stereocenters. The van der Waals surface area contributed by atoms with E-state index >= 15 is 0 Å². The molecule has 14 heavy (non-hydrogen) atoms. The van der Waals surface area contributed by atoms with Crippen molar-refractivity contribution in [2.75, 3.05) is 0 Å². The molecule has 72 valence electrons. The van der Waals surface area contributed by atoms with Crippen LogP contribution in [-0.4, -0.2) is 24.2 Å². The van der Waals surface area contributed by atoms with Crippen molar-refractivity contribution in [3.63, 3.8) is 0 Å². The molecule has 4 nitrogen and oxygen atoms in total. The van der Waals surface area contributed by atoms with Crippen LogP contribution < -0.4 is 0 Å². The first-order chi connectivity index (χ1) is 6.86. The molecule has 0 N–H and O–H groups in total. The molecule has 0 aliphatic heterocycles. The summed E-state index contributed by atoms with van der Waals surface area (Å²) in [4.78, 5) is 27.9. The van der Waals surface area contributed by atoms with E-state index in [0.717, 1.165) is 6.42 Å². The predicted molar refractivity (Wildman–Crippen MR) is 49.2 cm³/mol. The minimum Gasteiger partial charge on any atom is -0.211 e. The zero-order chi connectivity index (χ0) is 9.97. The summed E-state index contributed by atoms with van der Waals surface area (Å²) in [7, 11) is 0. The van der Waals surface area contributed by atoms with Crippen LogP contribution >= 0.6 is 0 Å². The molecule has 1 saturated carbocycles. The maximum absolute atomic E-state index is 10.2. The van der Waals surface area contributed by atoms with Crippen LogP contribution in [0.5, 0.6) is 0 Å². The van der Waals surface area contributed by atoms with Gasteiger partial charge in [0.1, 0.15) is 0 Å². The van der Waals surface area contributed by atoms with Gasteiger partial charge < -0.3 is 0 Å². The highest BCUT2D eigenvalue weighted by atomic mass is 16.1. The lowest BCUT2D eigenvalue weighted by atomic mass is 9.96. The third kappa shape index (κ3) is 1.35. The third-order valence-corrected chi connectivity index (χ3v) is 3.12. The lowest BCUT2D eigenvalue weighted by Gasteiger charge is -2.12. The van der Waals surface area contributed by atoms with Crippen LogP contribution in [0, 0.1) is 11.8 Å². The van der Waals surface area contributed by atoms with Crippen molar-refractivity contribution in [1.82, 2.24) is 0 Å². The SMILES string of the molecule is O=C=NC1CC(N=C=O)C2CC=CC12. The van der Waals surface area contributed by atoms with Gasteiger partial charge in [-0.25, -0.2) is 19.6 Å². The van der Waals surface area contributed by atoms with Gasteiger partial charge >= 0.3 is 0 Å². The van der Waals surface area contributed by atoms with Crippen molar-refractivity contribution in [3.8, 4) is 0 Å². The fourth-order valence-electron chi connectivity index (χ4n) is 2.52. The van der Waals surface area contributed by atoms with E-state index < -0.39 is 0 Å². The second kappa shape index (κ2) is 3.70. The lowest BCUT2D eigenvalue weighted by Crippen LogP contribution is -2.14. The molecule has 4 heteroatoms. The Kier molecular flexibility index (Phi) is 2.40. The molecule has 0 bridgehead atoms. The number of hydrogen-bond acceptors (Lipinski definition) is 4. The average molecular weight is 190 g/mol. The van der Waals surface area contributed by atoms with E-state index in [1.807, 2.05) is 0 Å². The first kappa shape index (κ1) is 9.07. The van der Waals surface area contributed by atoms with Gasteiger partial charge in [-0.2, -0.15) is 0 Å². The molecule has 0 aromatic carbocycles. The van der Waals surface area contributed by atoms with Gasteiger partial charge in [0.05, 0.1) is 12.1 Å². The second-order valence-corrected chi connectivity index (χ2v) is 3.72. The molecular weight excluding hydrogens is 180 g/mol. The number of hydrogen-bond donors (Lipinski definition) is 0. The highest BCUT2D eigenvalue weighted by Crippen LogP contribution is 2.42. The van der Waals surface area contributed by atoms with Gasteiger partial charge in [0.15, 0.2) is 0 Å². The smallest absolute Gasteiger partial charge is 0.211 e. The third-order valence-electron chi connectivity index (χ3n) is 3.12. The number of isocyanates is 2. The molecule has 1 fully saturated rings. The maximum Gasteiger partial charge on any atom is 0.235 e. The Balaban J connectivity index is 2.21. The zero-order valence-corrected chi connectivity index (χ0v) is 7.59. The standard InChI is InChI=1S/C10H10N2O2/c13-5-11-9-4-10(12-6-14)8-3-1-2-7(8)9/h1-2,7-10H,3-4H2. The number of nitrogens with zero attached hydrogens (tertiary/aromatic N) is 2.